The van der Waals surface area contributed by atoms with Gasteiger partial charge < -0.3 is 0 Å². The van der Waals surface area contributed by atoms with Gasteiger partial charge in [0.15, 0.2) is 5.78 Å². The van der Waals surface area contributed by atoms with E-state index in [9.17, 15) is 4.79 Å². The first-order chi connectivity index (χ1) is 8.31. The summed E-state index contributed by atoms with van der Waals surface area (Å²) in [6.45, 7) is 0. The highest BCUT2D eigenvalue weighted by Gasteiger charge is 2.12. The minimum absolute atomic E-state index is 0.271. The van der Waals surface area contributed by atoms with Gasteiger partial charge in [-0.15, -0.1) is 11.3 Å². The van der Waals surface area contributed by atoms with Crippen molar-refractivity contribution >= 4 is 27.3 Å². The fourth-order valence-corrected chi connectivity index (χ4v) is 3.21. The maximum absolute atomic E-state index is 11.3. The van der Waals surface area contributed by atoms with E-state index in [0.717, 1.165) is 29.8 Å². The van der Waals surface area contributed by atoms with Crippen LogP contribution in [0.3, 0.4) is 0 Å². The second-order valence-corrected chi connectivity index (χ2v) is 5.49. The predicted molar refractivity (Wildman–Crippen MR) is 70.3 cm³/mol. The molecule has 0 radical (unpaired) electrons. The molecule has 0 atom stereocenters. The van der Waals surface area contributed by atoms with Crippen molar-refractivity contribution in [2.75, 3.05) is 0 Å². The van der Waals surface area contributed by atoms with Crippen LogP contribution in [0, 0.1) is 0 Å². The van der Waals surface area contributed by atoms with E-state index in [1.807, 2.05) is 24.3 Å². The molecular formula is C14H13NOS. The van der Waals surface area contributed by atoms with E-state index in [0.29, 0.717) is 6.42 Å². The maximum atomic E-state index is 11.3. The number of carbonyl (C=O) groups excluding carboxylic acids is 1. The molecule has 2 aromatic rings. The molecule has 0 aliphatic heterocycles. The lowest BCUT2D eigenvalue weighted by atomic mass is 9.97. The maximum Gasteiger partial charge on any atom is 0.155 e. The topological polar surface area (TPSA) is 30.0 Å². The molecule has 0 fully saturated rings. The van der Waals surface area contributed by atoms with E-state index < -0.39 is 0 Å². The molecule has 3 heteroatoms. The Hall–Kier alpha value is -1.48. The molecule has 1 aromatic carbocycles. The van der Waals surface area contributed by atoms with Gasteiger partial charge in [0, 0.05) is 12.8 Å². The second kappa shape index (κ2) is 4.41. The molecule has 1 aliphatic carbocycles. The molecule has 0 N–H and O–H groups in total. The molecule has 3 rings (SSSR count). The SMILES string of the molecule is O=C1C=C(Cc2nc3ccccc3s2)CCC1. The Bertz CT molecular complexity index is 564. The smallest absolute Gasteiger partial charge is 0.155 e. The summed E-state index contributed by atoms with van der Waals surface area (Å²) in [6, 6.07) is 8.18. The van der Waals surface area contributed by atoms with Gasteiger partial charge in [-0.2, -0.15) is 0 Å². The Kier molecular flexibility index (Phi) is 2.77. The van der Waals surface area contributed by atoms with Crippen LogP contribution in [-0.4, -0.2) is 10.8 Å². The first-order valence-electron chi connectivity index (χ1n) is 5.88. The van der Waals surface area contributed by atoms with Gasteiger partial charge in [0.1, 0.15) is 0 Å². The zero-order valence-electron chi connectivity index (χ0n) is 9.48. The van der Waals surface area contributed by atoms with Crippen molar-refractivity contribution in [3.8, 4) is 0 Å². The van der Waals surface area contributed by atoms with Gasteiger partial charge in [0.05, 0.1) is 15.2 Å². The number of rotatable bonds is 2. The molecular weight excluding hydrogens is 230 g/mol. The highest BCUT2D eigenvalue weighted by Crippen LogP contribution is 2.26. The van der Waals surface area contributed by atoms with Crippen molar-refractivity contribution < 1.29 is 4.79 Å². The minimum Gasteiger partial charge on any atom is -0.295 e. The van der Waals surface area contributed by atoms with E-state index in [1.165, 1.54) is 10.3 Å². The molecule has 0 amide bonds. The van der Waals surface area contributed by atoms with Crippen molar-refractivity contribution in [2.24, 2.45) is 0 Å². The van der Waals surface area contributed by atoms with Crippen LogP contribution >= 0.6 is 11.3 Å². The predicted octanol–water partition coefficient (Wildman–Crippen LogP) is 3.52. The number of benzene rings is 1. The summed E-state index contributed by atoms with van der Waals surface area (Å²) < 4.78 is 1.23. The Balaban J connectivity index is 1.87. The van der Waals surface area contributed by atoms with E-state index in [-0.39, 0.29) is 5.78 Å². The number of allylic oxidation sites excluding steroid dienone is 2. The Morgan fingerprint density at radius 2 is 2.12 bits per heavy atom. The van der Waals surface area contributed by atoms with Crippen molar-refractivity contribution in [2.45, 2.75) is 25.7 Å². The van der Waals surface area contributed by atoms with Crippen LogP contribution in [0.5, 0.6) is 0 Å². The van der Waals surface area contributed by atoms with Crippen LogP contribution in [-0.2, 0) is 11.2 Å². The summed E-state index contributed by atoms with van der Waals surface area (Å²) in [4.78, 5) is 15.9. The summed E-state index contributed by atoms with van der Waals surface area (Å²) in [5, 5.41) is 1.12. The number of hydrogen-bond donors (Lipinski definition) is 0. The summed E-state index contributed by atoms with van der Waals surface area (Å²) in [6.07, 6.45) is 5.40. The molecule has 0 spiro atoms. The lowest BCUT2D eigenvalue weighted by molar-refractivity contribution is -0.115. The number of hydrogen-bond acceptors (Lipinski definition) is 3. The van der Waals surface area contributed by atoms with Crippen molar-refractivity contribution in [3.63, 3.8) is 0 Å². The van der Waals surface area contributed by atoms with Gasteiger partial charge in [-0.05, 0) is 31.1 Å². The molecule has 1 aromatic heterocycles. The number of fused-ring (bicyclic) bond motifs is 1. The molecule has 1 aliphatic rings. The first kappa shape index (κ1) is 10.7. The number of thiazole rings is 1. The number of ketones is 1. The Morgan fingerprint density at radius 1 is 1.24 bits per heavy atom. The van der Waals surface area contributed by atoms with Gasteiger partial charge in [0.2, 0.25) is 0 Å². The Morgan fingerprint density at radius 3 is 2.94 bits per heavy atom. The lowest BCUT2D eigenvalue weighted by Crippen LogP contribution is -2.04. The number of para-hydroxylation sites is 1. The number of aromatic nitrogens is 1. The third-order valence-corrected chi connectivity index (χ3v) is 4.04. The normalized spacial score (nSPS) is 16.2. The molecule has 2 nitrogen and oxygen atoms in total. The van der Waals surface area contributed by atoms with Crippen molar-refractivity contribution in [1.29, 1.82) is 0 Å². The van der Waals surface area contributed by atoms with Crippen molar-refractivity contribution in [1.82, 2.24) is 4.98 Å². The zero-order chi connectivity index (χ0) is 11.7. The van der Waals surface area contributed by atoms with Crippen molar-refractivity contribution in [3.05, 3.63) is 40.9 Å². The number of nitrogens with zero attached hydrogens (tertiary/aromatic N) is 1. The monoisotopic (exact) mass is 243 g/mol. The van der Waals surface area contributed by atoms with E-state index >= 15 is 0 Å². The standard InChI is InChI=1S/C14H13NOS/c16-11-5-3-4-10(8-11)9-14-15-12-6-1-2-7-13(12)17-14/h1-2,6-8H,3-5,9H2. The van der Waals surface area contributed by atoms with Crippen LogP contribution in [0.1, 0.15) is 24.3 Å². The zero-order valence-corrected chi connectivity index (χ0v) is 10.3. The van der Waals surface area contributed by atoms with Gasteiger partial charge in [-0.1, -0.05) is 17.7 Å². The van der Waals surface area contributed by atoms with Gasteiger partial charge in [0.25, 0.3) is 0 Å². The molecule has 17 heavy (non-hydrogen) atoms. The highest BCUT2D eigenvalue weighted by molar-refractivity contribution is 7.18. The average Bonchev–Trinajstić information content (AvgIpc) is 2.71. The number of carbonyl (C=O) groups is 1. The summed E-state index contributed by atoms with van der Waals surface area (Å²) in [5.41, 5.74) is 2.30. The molecule has 0 saturated heterocycles. The Labute approximate surface area is 104 Å². The third kappa shape index (κ3) is 2.29. The minimum atomic E-state index is 0.271. The van der Waals surface area contributed by atoms with Crippen LogP contribution in [0.4, 0.5) is 0 Å². The molecule has 0 bridgehead atoms. The average molecular weight is 243 g/mol. The summed E-state index contributed by atoms with van der Waals surface area (Å²) in [7, 11) is 0. The van der Waals surface area contributed by atoms with E-state index in [2.05, 4.69) is 11.1 Å². The molecule has 0 unspecified atom stereocenters. The molecule has 0 saturated carbocycles. The summed E-state index contributed by atoms with van der Waals surface area (Å²) in [5.74, 6) is 0.271. The fourth-order valence-electron chi connectivity index (χ4n) is 2.19. The summed E-state index contributed by atoms with van der Waals surface area (Å²) >= 11 is 1.73. The van der Waals surface area contributed by atoms with Crippen LogP contribution < -0.4 is 0 Å². The van der Waals surface area contributed by atoms with Gasteiger partial charge >= 0.3 is 0 Å². The van der Waals surface area contributed by atoms with Gasteiger partial charge in [-0.3, -0.25) is 4.79 Å². The molecule has 1 heterocycles. The third-order valence-electron chi connectivity index (χ3n) is 3.00. The van der Waals surface area contributed by atoms with E-state index in [1.54, 1.807) is 11.3 Å². The fraction of sp³-hybridized carbons (Fsp3) is 0.286. The molecule has 86 valence electrons. The van der Waals surface area contributed by atoms with E-state index in [4.69, 9.17) is 0 Å². The quantitative estimate of drug-likeness (QED) is 0.807. The highest BCUT2D eigenvalue weighted by atomic mass is 32.1. The first-order valence-corrected chi connectivity index (χ1v) is 6.69. The van der Waals surface area contributed by atoms with Crippen LogP contribution in [0.2, 0.25) is 0 Å². The van der Waals surface area contributed by atoms with Gasteiger partial charge in [-0.25, -0.2) is 4.98 Å². The van der Waals surface area contributed by atoms with Crippen LogP contribution in [0.25, 0.3) is 10.2 Å². The second-order valence-electron chi connectivity index (χ2n) is 4.37. The largest absolute Gasteiger partial charge is 0.295 e. The van der Waals surface area contributed by atoms with Crippen LogP contribution in [0.15, 0.2) is 35.9 Å². The lowest BCUT2D eigenvalue weighted by Gasteiger charge is -2.09.